The van der Waals surface area contributed by atoms with Crippen molar-refractivity contribution in [1.29, 1.82) is 0 Å². The lowest BCUT2D eigenvalue weighted by Gasteiger charge is -2.24. The van der Waals surface area contributed by atoms with E-state index >= 15 is 0 Å². The minimum Gasteiger partial charge on any atom is -0.455 e. The van der Waals surface area contributed by atoms with Gasteiger partial charge in [0.05, 0.1) is 6.33 Å². The first kappa shape index (κ1) is 33.8. The average Bonchev–Trinajstić information content (AvgIpc) is 3.57. The molecule has 0 aliphatic carbocycles. The van der Waals surface area contributed by atoms with Gasteiger partial charge in [0.25, 0.3) is 5.91 Å². The highest BCUT2D eigenvalue weighted by Crippen LogP contribution is 2.37. The Bertz CT molecular complexity index is 1450. The van der Waals surface area contributed by atoms with E-state index in [1.54, 1.807) is 0 Å². The number of esters is 2. The molecule has 1 amide bonds. The van der Waals surface area contributed by atoms with Crippen LogP contribution >= 0.6 is 34.2 Å². The first-order chi connectivity index (χ1) is 21.2. The Kier molecular flexibility index (Phi) is 12.6. The fourth-order valence-electron chi connectivity index (χ4n) is 4.96. The van der Waals surface area contributed by atoms with Crippen LogP contribution in [0.25, 0.3) is 11.2 Å². The van der Waals surface area contributed by atoms with Crippen molar-refractivity contribution in [1.82, 2.24) is 24.8 Å². The summed E-state index contributed by atoms with van der Waals surface area (Å²) in [7, 11) is 1.45. The van der Waals surface area contributed by atoms with Crippen molar-refractivity contribution in [2.75, 3.05) is 12.4 Å². The van der Waals surface area contributed by atoms with E-state index in [9.17, 15) is 14.4 Å². The third-order valence-corrected chi connectivity index (χ3v) is 8.06. The van der Waals surface area contributed by atoms with Crippen LogP contribution in [0, 0.1) is 3.57 Å². The zero-order valence-corrected chi connectivity index (χ0v) is 28.0. The number of benzene rings is 1. The number of nitrogens with one attached hydrogen (secondary N) is 2. The monoisotopic (exact) mass is 740 g/mol. The van der Waals surface area contributed by atoms with Gasteiger partial charge in [-0.05, 0) is 64.7 Å². The van der Waals surface area contributed by atoms with Crippen molar-refractivity contribution in [3.8, 4) is 0 Å². The quantitative estimate of drug-likeness (QED) is 0.0909. The molecule has 4 rings (SSSR count). The SMILES string of the molecule is CCCCCC(=O)O[C@@H]1[C@H](OC(=O)CCCCC)[C@@H](C(=O)NC)O[C@H]1n1cnc2c(NCc3cccc(I)c3)nc(Cl)nc21. The molecule has 0 radical (unpaired) electrons. The molecule has 2 aromatic heterocycles. The van der Waals surface area contributed by atoms with E-state index in [-0.39, 0.29) is 23.8 Å². The number of imidazole rings is 1. The molecule has 1 saturated heterocycles. The summed E-state index contributed by atoms with van der Waals surface area (Å²) < 4.78 is 20.6. The first-order valence-corrected chi connectivity index (χ1v) is 16.4. The number of ether oxygens (including phenoxy) is 3. The highest BCUT2D eigenvalue weighted by atomic mass is 127. The predicted molar refractivity (Wildman–Crippen MR) is 173 cm³/mol. The number of hydrogen-bond acceptors (Lipinski definition) is 10. The van der Waals surface area contributed by atoms with E-state index in [1.807, 2.05) is 38.1 Å². The number of fused-ring (bicyclic) bond motifs is 1. The average molecular weight is 741 g/mol. The van der Waals surface area contributed by atoms with Crippen molar-refractivity contribution < 1.29 is 28.6 Å². The molecule has 1 aromatic carbocycles. The summed E-state index contributed by atoms with van der Waals surface area (Å²) in [6, 6.07) is 8.00. The third-order valence-electron chi connectivity index (χ3n) is 7.22. The maximum atomic E-state index is 13.0. The summed E-state index contributed by atoms with van der Waals surface area (Å²) in [5.74, 6) is -1.12. The maximum Gasteiger partial charge on any atom is 0.306 e. The molecule has 0 unspecified atom stereocenters. The molecule has 14 heteroatoms. The van der Waals surface area contributed by atoms with Gasteiger partial charge in [0.15, 0.2) is 41.5 Å². The fraction of sp³-hybridized carbons (Fsp3) is 0.533. The first-order valence-electron chi connectivity index (χ1n) is 14.9. The number of amides is 1. The summed E-state index contributed by atoms with van der Waals surface area (Å²) in [6.45, 7) is 4.53. The number of carbonyl (C=O) groups excluding carboxylic acids is 3. The zero-order valence-electron chi connectivity index (χ0n) is 25.1. The summed E-state index contributed by atoms with van der Waals surface area (Å²) in [5, 5.41) is 5.78. The molecule has 0 spiro atoms. The van der Waals surface area contributed by atoms with Crippen LogP contribution in [0.5, 0.6) is 0 Å². The highest BCUT2D eigenvalue weighted by molar-refractivity contribution is 14.1. The normalized spacial score (nSPS) is 19.6. The van der Waals surface area contributed by atoms with Gasteiger partial charge in [-0.2, -0.15) is 9.97 Å². The molecule has 238 valence electrons. The molecule has 0 bridgehead atoms. The van der Waals surface area contributed by atoms with Gasteiger partial charge in [0.2, 0.25) is 5.28 Å². The molecule has 2 N–H and O–H groups in total. The largest absolute Gasteiger partial charge is 0.455 e. The Morgan fingerprint density at radius 1 is 1.02 bits per heavy atom. The molecule has 0 saturated carbocycles. The van der Waals surface area contributed by atoms with Gasteiger partial charge in [-0.1, -0.05) is 51.7 Å². The predicted octanol–water partition coefficient (Wildman–Crippen LogP) is 5.32. The van der Waals surface area contributed by atoms with Crippen molar-refractivity contribution in [2.24, 2.45) is 0 Å². The summed E-state index contributed by atoms with van der Waals surface area (Å²) >= 11 is 8.60. The van der Waals surface area contributed by atoms with Crippen molar-refractivity contribution >= 4 is 69.0 Å². The Balaban J connectivity index is 1.68. The number of unbranched alkanes of at least 4 members (excludes halogenated alkanes) is 4. The molecule has 3 aromatic rings. The van der Waals surface area contributed by atoms with Gasteiger partial charge >= 0.3 is 11.9 Å². The third kappa shape index (κ3) is 8.57. The van der Waals surface area contributed by atoms with Crippen LogP contribution in [-0.4, -0.2) is 62.7 Å². The van der Waals surface area contributed by atoms with Gasteiger partial charge in [0, 0.05) is 30.0 Å². The van der Waals surface area contributed by atoms with Crippen molar-refractivity contribution in [2.45, 2.75) is 96.3 Å². The smallest absolute Gasteiger partial charge is 0.306 e. The second-order valence-corrected chi connectivity index (χ2v) is 12.1. The van der Waals surface area contributed by atoms with E-state index in [0.717, 1.165) is 34.8 Å². The molecule has 44 heavy (non-hydrogen) atoms. The van der Waals surface area contributed by atoms with Crippen LogP contribution in [0.3, 0.4) is 0 Å². The number of halogens is 2. The van der Waals surface area contributed by atoms with Crippen LogP contribution in [0.4, 0.5) is 5.82 Å². The molecule has 1 aliphatic heterocycles. The van der Waals surface area contributed by atoms with Gasteiger partial charge < -0.3 is 24.8 Å². The van der Waals surface area contributed by atoms with Gasteiger partial charge in [-0.15, -0.1) is 0 Å². The van der Waals surface area contributed by atoms with Gasteiger partial charge in [-0.25, -0.2) is 4.98 Å². The second-order valence-electron chi connectivity index (χ2n) is 10.5. The van der Waals surface area contributed by atoms with E-state index in [2.05, 4.69) is 48.2 Å². The molecule has 1 fully saturated rings. The fourth-order valence-corrected chi connectivity index (χ4v) is 5.74. The number of nitrogens with zero attached hydrogens (tertiary/aromatic N) is 4. The molecule has 1 aliphatic rings. The topological polar surface area (TPSA) is 147 Å². The summed E-state index contributed by atoms with van der Waals surface area (Å²) in [5.41, 5.74) is 1.72. The highest BCUT2D eigenvalue weighted by Gasteiger charge is 2.53. The standard InChI is InChI=1S/C30H38ClIN6O6/c1-4-6-8-13-20(39)42-23-24(28(41)33-3)44-29(25(23)43-21(40)14-9-7-5-2)38-17-35-22-26(36-30(31)37-27(22)38)34-16-18-11-10-12-19(32)15-18/h10-12,15,17,23-25,29H,4-9,13-14,16H2,1-3H3,(H,33,41)(H,34,36,37)/t23-,24+,25-,29-/m1/s1. The second kappa shape index (κ2) is 16.3. The lowest BCUT2D eigenvalue weighted by molar-refractivity contribution is -0.169. The molecular weight excluding hydrogens is 703 g/mol. The lowest BCUT2D eigenvalue weighted by atomic mass is 10.1. The Labute approximate surface area is 275 Å². The lowest BCUT2D eigenvalue weighted by Crippen LogP contribution is -2.45. The summed E-state index contributed by atoms with van der Waals surface area (Å²) in [6.07, 6.45) is 1.95. The van der Waals surface area contributed by atoms with Crippen LogP contribution in [0.2, 0.25) is 5.28 Å². The van der Waals surface area contributed by atoms with E-state index in [1.165, 1.54) is 17.9 Å². The van der Waals surface area contributed by atoms with Gasteiger partial charge in [0.1, 0.15) is 0 Å². The van der Waals surface area contributed by atoms with Crippen molar-refractivity contribution in [3.63, 3.8) is 0 Å². The van der Waals surface area contributed by atoms with E-state index in [4.69, 9.17) is 25.8 Å². The minimum absolute atomic E-state index is 0.0442. The van der Waals surface area contributed by atoms with Crippen LogP contribution in [0.15, 0.2) is 30.6 Å². The van der Waals surface area contributed by atoms with Gasteiger partial charge in [-0.3, -0.25) is 19.0 Å². The Morgan fingerprint density at radius 2 is 1.70 bits per heavy atom. The van der Waals surface area contributed by atoms with Crippen molar-refractivity contribution in [3.05, 3.63) is 45.0 Å². The molecule has 3 heterocycles. The number of rotatable bonds is 15. The summed E-state index contributed by atoms with van der Waals surface area (Å²) in [4.78, 5) is 52.1. The number of aromatic nitrogens is 4. The Hall–Kier alpha value is -3.04. The number of carbonyl (C=O) groups is 3. The number of hydrogen-bond donors (Lipinski definition) is 2. The number of likely N-dealkylation sites (N-methyl/N-ethyl adjacent to an activating group) is 1. The van der Waals surface area contributed by atoms with Crippen LogP contribution < -0.4 is 10.6 Å². The van der Waals surface area contributed by atoms with E-state index in [0.29, 0.717) is 30.7 Å². The van der Waals surface area contributed by atoms with E-state index < -0.39 is 42.4 Å². The maximum absolute atomic E-state index is 13.0. The minimum atomic E-state index is -1.25. The molecular formula is C30H38ClIN6O6. The zero-order chi connectivity index (χ0) is 31.6. The molecule has 12 nitrogen and oxygen atoms in total. The number of anilines is 1. The Morgan fingerprint density at radius 3 is 2.34 bits per heavy atom. The molecule has 4 atom stereocenters. The van der Waals surface area contributed by atoms with Crippen LogP contribution in [-0.2, 0) is 35.1 Å². The van der Waals surface area contributed by atoms with Crippen LogP contribution in [0.1, 0.15) is 77.0 Å².